The first-order chi connectivity index (χ1) is 13.5. The number of halogens is 1. The predicted octanol–water partition coefficient (Wildman–Crippen LogP) is 1.95. The van der Waals surface area contributed by atoms with Gasteiger partial charge < -0.3 is 9.64 Å². The Morgan fingerprint density at radius 2 is 1.71 bits per heavy atom. The Labute approximate surface area is 165 Å². The molecule has 1 aromatic carbocycles. The van der Waals surface area contributed by atoms with Gasteiger partial charge in [-0.05, 0) is 29.8 Å². The fourth-order valence-corrected chi connectivity index (χ4v) is 3.58. The van der Waals surface area contributed by atoms with E-state index in [4.69, 9.17) is 4.74 Å². The van der Waals surface area contributed by atoms with Crippen molar-refractivity contribution >= 4 is 29.1 Å². The van der Waals surface area contributed by atoms with Crippen molar-refractivity contribution in [1.82, 2.24) is 15.8 Å². The molecule has 0 unspecified atom stereocenters. The Morgan fingerprint density at radius 1 is 1.00 bits per heavy atom. The highest BCUT2D eigenvalue weighted by atomic mass is 32.1. The summed E-state index contributed by atoms with van der Waals surface area (Å²) in [5.41, 5.74) is 5.46. The predicted molar refractivity (Wildman–Crippen MR) is 102 cm³/mol. The monoisotopic (exact) mass is 405 g/mol. The first-order valence-corrected chi connectivity index (χ1v) is 9.65. The van der Waals surface area contributed by atoms with Crippen LogP contribution < -0.4 is 10.9 Å². The van der Waals surface area contributed by atoms with Crippen molar-refractivity contribution in [2.24, 2.45) is 0 Å². The number of morpholine rings is 1. The molecule has 0 radical (unpaired) electrons. The van der Waals surface area contributed by atoms with Crippen LogP contribution in [0.1, 0.15) is 22.5 Å². The lowest BCUT2D eigenvalue weighted by Gasteiger charge is -2.26. The van der Waals surface area contributed by atoms with E-state index in [1.54, 1.807) is 29.2 Å². The minimum atomic E-state index is -0.453. The zero-order valence-electron chi connectivity index (χ0n) is 15.1. The molecule has 0 bridgehead atoms. The average Bonchev–Trinajstić information content (AvgIpc) is 3.21. The summed E-state index contributed by atoms with van der Waals surface area (Å²) in [7, 11) is 0. The third-order valence-electron chi connectivity index (χ3n) is 4.20. The van der Waals surface area contributed by atoms with Gasteiger partial charge in [-0.1, -0.05) is 12.1 Å². The van der Waals surface area contributed by atoms with Crippen LogP contribution in [0.25, 0.3) is 10.4 Å². The molecule has 0 aliphatic carbocycles. The van der Waals surface area contributed by atoms with Gasteiger partial charge >= 0.3 is 0 Å². The fourth-order valence-electron chi connectivity index (χ4n) is 2.67. The Kier molecular flexibility index (Phi) is 6.72. The molecule has 0 spiro atoms. The molecule has 28 heavy (non-hydrogen) atoms. The highest BCUT2D eigenvalue weighted by molar-refractivity contribution is 7.17. The molecular weight excluding hydrogens is 385 g/mol. The number of hydrogen-bond acceptors (Lipinski definition) is 5. The molecule has 148 valence electrons. The second-order valence-electron chi connectivity index (χ2n) is 6.17. The number of amides is 3. The lowest BCUT2D eigenvalue weighted by molar-refractivity contribution is -0.137. The molecule has 2 heterocycles. The van der Waals surface area contributed by atoms with Crippen LogP contribution in [0.3, 0.4) is 0 Å². The molecule has 1 aromatic heterocycles. The molecule has 9 heteroatoms. The van der Waals surface area contributed by atoms with Crippen molar-refractivity contribution in [3.05, 3.63) is 47.1 Å². The van der Waals surface area contributed by atoms with Gasteiger partial charge in [0.05, 0.1) is 18.1 Å². The van der Waals surface area contributed by atoms with Gasteiger partial charge in [0, 0.05) is 30.8 Å². The lowest BCUT2D eigenvalue weighted by atomic mass is 10.2. The van der Waals surface area contributed by atoms with Crippen LogP contribution >= 0.6 is 11.3 Å². The van der Waals surface area contributed by atoms with Crippen LogP contribution in [0.5, 0.6) is 0 Å². The van der Waals surface area contributed by atoms with Gasteiger partial charge in [0.15, 0.2) is 0 Å². The largest absolute Gasteiger partial charge is 0.378 e. The number of thiophene rings is 1. The molecule has 1 saturated heterocycles. The average molecular weight is 405 g/mol. The lowest BCUT2D eigenvalue weighted by Crippen LogP contribution is -2.43. The Morgan fingerprint density at radius 3 is 2.43 bits per heavy atom. The van der Waals surface area contributed by atoms with Crippen molar-refractivity contribution in [2.75, 3.05) is 26.3 Å². The van der Waals surface area contributed by atoms with E-state index in [2.05, 4.69) is 10.9 Å². The van der Waals surface area contributed by atoms with E-state index in [9.17, 15) is 18.8 Å². The van der Waals surface area contributed by atoms with Crippen LogP contribution in [0, 0.1) is 5.82 Å². The fraction of sp³-hybridized carbons (Fsp3) is 0.316. The molecule has 7 nitrogen and oxygen atoms in total. The summed E-state index contributed by atoms with van der Waals surface area (Å²) < 4.78 is 18.2. The maximum absolute atomic E-state index is 13.0. The summed E-state index contributed by atoms with van der Waals surface area (Å²) in [6.45, 7) is 2.08. The molecular formula is C19H20FN3O4S. The number of nitrogens with zero attached hydrogens (tertiary/aromatic N) is 1. The molecule has 1 aliphatic heterocycles. The molecule has 1 fully saturated rings. The van der Waals surface area contributed by atoms with E-state index in [0.717, 1.165) is 10.4 Å². The number of carbonyl (C=O) groups is 3. The molecule has 0 saturated carbocycles. The Bertz CT molecular complexity index is 847. The van der Waals surface area contributed by atoms with Crippen LogP contribution in [0.15, 0.2) is 36.4 Å². The van der Waals surface area contributed by atoms with E-state index in [-0.39, 0.29) is 24.6 Å². The minimum Gasteiger partial charge on any atom is -0.378 e. The number of benzene rings is 1. The zero-order chi connectivity index (χ0) is 19.9. The standard InChI is InChI=1S/C19H20FN3O4S/c20-14-3-1-13(2-4-14)15-5-6-16(28-15)19(26)22-21-17(24)7-8-18(25)23-9-11-27-12-10-23/h1-6H,7-12H2,(H,21,24)(H,22,26). The van der Waals surface area contributed by atoms with Crippen LogP contribution in [0.2, 0.25) is 0 Å². The van der Waals surface area contributed by atoms with Crippen molar-refractivity contribution in [1.29, 1.82) is 0 Å². The molecule has 2 N–H and O–H groups in total. The molecule has 1 aliphatic rings. The second-order valence-corrected chi connectivity index (χ2v) is 7.25. The molecule has 3 amide bonds. The molecule has 0 atom stereocenters. The first-order valence-electron chi connectivity index (χ1n) is 8.83. The van der Waals surface area contributed by atoms with Crippen LogP contribution in [-0.4, -0.2) is 48.9 Å². The minimum absolute atomic E-state index is 0.0122. The van der Waals surface area contributed by atoms with Gasteiger partial charge in [0.2, 0.25) is 11.8 Å². The quantitative estimate of drug-likeness (QED) is 0.745. The van der Waals surface area contributed by atoms with Gasteiger partial charge in [0.1, 0.15) is 5.82 Å². The van der Waals surface area contributed by atoms with E-state index in [0.29, 0.717) is 31.2 Å². The van der Waals surface area contributed by atoms with E-state index < -0.39 is 11.8 Å². The second kappa shape index (κ2) is 9.43. The number of nitrogens with one attached hydrogen (secondary N) is 2. The van der Waals surface area contributed by atoms with Crippen molar-refractivity contribution in [3.63, 3.8) is 0 Å². The third kappa shape index (κ3) is 5.37. The zero-order valence-corrected chi connectivity index (χ0v) is 15.9. The number of hydrazine groups is 1. The maximum atomic E-state index is 13.0. The number of rotatable bonds is 5. The van der Waals surface area contributed by atoms with Gasteiger partial charge in [-0.15, -0.1) is 11.3 Å². The Balaban J connectivity index is 1.44. The van der Waals surface area contributed by atoms with Gasteiger partial charge in [-0.3, -0.25) is 25.2 Å². The number of hydrogen-bond donors (Lipinski definition) is 2. The summed E-state index contributed by atoms with van der Waals surface area (Å²) >= 11 is 1.23. The van der Waals surface area contributed by atoms with Crippen molar-refractivity contribution in [2.45, 2.75) is 12.8 Å². The van der Waals surface area contributed by atoms with E-state index in [1.165, 1.54) is 23.5 Å². The summed E-state index contributed by atoms with van der Waals surface area (Å²) in [6.07, 6.45) is 0.0666. The summed E-state index contributed by atoms with van der Waals surface area (Å²) in [6, 6.07) is 9.37. The van der Waals surface area contributed by atoms with Crippen LogP contribution in [0.4, 0.5) is 4.39 Å². The smallest absolute Gasteiger partial charge is 0.279 e. The third-order valence-corrected chi connectivity index (χ3v) is 5.34. The highest BCUT2D eigenvalue weighted by Gasteiger charge is 2.18. The van der Waals surface area contributed by atoms with Crippen molar-refractivity contribution < 1.29 is 23.5 Å². The normalized spacial score (nSPS) is 13.8. The van der Waals surface area contributed by atoms with E-state index in [1.807, 2.05) is 0 Å². The van der Waals surface area contributed by atoms with Gasteiger partial charge in [0.25, 0.3) is 5.91 Å². The number of ether oxygens (including phenoxy) is 1. The molecule has 2 aromatic rings. The first kappa shape index (κ1) is 20.0. The van der Waals surface area contributed by atoms with Crippen molar-refractivity contribution in [3.8, 4) is 10.4 Å². The molecule has 3 rings (SSSR count). The maximum Gasteiger partial charge on any atom is 0.279 e. The SMILES string of the molecule is O=C(CCC(=O)N1CCOCC1)NNC(=O)c1ccc(-c2ccc(F)cc2)s1. The highest BCUT2D eigenvalue weighted by Crippen LogP contribution is 2.28. The van der Waals surface area contributed by atoms with E-state index >= 15 is 0 Å². The number of carbonyl (C=O) groups excluding carboxylic acids is 3. The van der Waals surface area contributed by atoms with Gasteiger partial charge in [-0.25, -0.2) is 4.39 Å². The Hall–Kier alpha value is -2.78. The summed E-state index contributed by atoms with van der Waals surface area (Å²) in [5, 5.41) is 0. The van der Waals surface area contributed by atoms with Gasteiger partial charge in [-0.2, -0.15) is 0 Å². The summed E-state index contributed by atoms with van der Waals surface area (Å²) in [4.78, 5) is 38.9. The summed E-state index contributed by atoms with van der Waals surface area (Å²) in [5.74, 6) is -1.32. The van der Waals surface area contributed by atoms with Crippen LogP contribution in [-0.2, 0) is 14.3 Å². The topological polar surface area (TPSA) is 87.7 Å².